The summed E-state index contributed by atoms with van der Waals surface area (Å²) in [4.78, 5) is 72.8. The summed E-state index contributed by atoms with van der Waals surface area (Å²) in [6.07, 6.45) is -0.0276. The average Bonchev–Trinajstić information content (AvgIpc) is 4.14. The minimum atomic E-state index is -1.43. The molecule has 2 unspecified atom stereocenters. The number of amides is 2. The first-order chi connectivity index (χ1) is 34.1. The summed E-state index contributed by atoms with van der Waals surface area (Å²) in [5.74, 6) is 11.0. The van der Waals surface area contributed by atoms with Crippen LogP contribution in [0.25, 0.3) is 22.3 Å². The number of nitrogens with two attached hydrogens (primary N) is 2. The van der Waals surface area contributed by atoms with Gasteiger partial charge in [0, 0.05) is 33.0 Å². The number of aliphatic hydroxyl groups excluding tert-OH is 5. The van der Waals surface area contributed by atoms with Crippen LogP contribution in [0.15, 0.2) is 12.7 Å². The first-order valence-corrected chi connectivity index (χ1v) is 23.5. The standard InChI is InChI=1S/C23H30N6O6.C22H28N6O6.CH4O.H2O/c1-3-25-21(32)18-16(30)17(31)22(35-18)29-11-26-15-19(24)27-14(28-20(15)29)6-4-5-12-7-9-13(10-8-12)23(33)34-2;1-2-24-20(31)17-15(29)16(30)21(34-17)28-10-25-14-18(23)26-13(27-19(14)28)5-3-4-11-6-8-12(9-7-11)22(32)33;1-2;/h11-13,16-18,22,30-31H,3,5,7-10H2,1-2H3,(H,25,32)(H2,24,27,28);10-12,15-17,21,29-30H,2,4,6-9H2,1H3,(H,24,31)(H,32,33)(H2,23,26,27);2H,1H3;1H2/t12?,13?,16-,17?,18+,22-;11?,12?,15-,16?,17+,21-;;/m11../s1. The molecular weight excluding hydrogens is 945 g/mol. The highest BCUT2D eigenvalue weighted by Crippen LogP contribution is 2.35. The maximum atomic E-state index is 12.2. The van der Waals surface area contributed by atoms with Crippen molar-refractivity contribution in [1.82, 2.24) is 49.7 Å². The molecule has 0 radical (unpaired) electrons. The lowest BCUT2D eigenvalue weighted by atomic mass is 9.81. The van der Waals surface area contributed by atoms with Crippen LogP contribution in [-0.2, 0) is 33.4 Å². The number of carbonyl (C=O) groups is 4. The number of aromatic nitrogens is 8. The van der Waals surface area contributed by atoms with Crippen LogP contribution in [0, 0.1) is 47.4 Å². The van der Waals surface area contributed by atoms with Crippen molar-refractivity contribution in [2.45, 2.75) is 127 Å². The Morgan fingerprint density at radius 1 is 0.667 bits per heavy atom. The van der Waals surface area contributed by atoms with Gasteiger partial charge in [-0.2, -0.15) is 0 Å². The fourth-order valence-electron chi connectivity index (χ4n) is 9.05. The molecule has 0 aromatic carbocycles. The molecule has 72 heavy (non-hydrogen) atoms. The number of carboxylic acids is 1. The zero-order valence-electron chi connectivity index (χ0n) is 40.3. The summed E-state index contributed by atoms with van der Waals surface area (Å²) in [6, 6.07) is 0. The molecule has 392 valence electrons. The number of nitrogens with zero attached hydrogens (tertiary/aromatic N) is 8. The molecule has 26 heteroatoms. The van der Waals surface area contributed by atoms with E-state index in [9.17, 15) is 39.6 Å². The van der Waals surface area contributed by atoms with Crippen LogP contribution in [-0.4, -0.2) is 163 Å². The monoisotopic (exact) mass is 1010 g/mol. The maximum absolute atomic E-state index is 12.2. The van der Waals surface area contributed by atoms with Crippen LogP contribution in [0.3, 0.4) is 0 Å². The molecule has 6 heterocycles. The van der Waals surface area contributed by atoms with Crippen LogP contribution in [0.5, 0.6) is 0 Å². The van der Waals surface area contributed by atoms with Gasteiger partial charge < -0.3 is 72.4 Å². The Morgan fingerprint density at radius 3 is 1.42 bits per heavy atom. The number of aliphatic carboxylic acids is 1. The van der Waals surface area contributed by atoms with Gasteiger partial charge in [-0.1, -0.05) is 11.8 Å². The molecule has 0 bridgehead atoms. The summed E-state index contributed by atoms with van der Waals surface area (Å²) in [5, 5.41) is 62.9. The molecule has 8 atom stereocenters. The van der Waals surface area contributed by atoms with Gasteiger partial charge in [0.15, 0.2) is 47.6 Å². The Morgan fingerprint density at radius 2 is 1.06 bits per heavy atom. The number of carbonyl (C=O) groups excluding carboxylic acids is 3. The van der Waals surface area contributed by atoms with Crippen LogP contribution in [0.2, 0.25) is 0 Å². The van der Waals surface area contributed by atoms with E-state index in [1.165, 1.54) is 28.9 Å². The van der Waals surface area contributed by atoms with E-state index in [0.29, 0.717) is 56.1 Å². The van der Waals surface area contributed by atoms with Crippen molar-refractivity contribution in [3.63, 3.8) is 0 Å². The molecular formula is C46H64N12O14. The summed E-state index contributed by atoms with van der Waals surface area (Å²) in [6.45, 7) is 4.19. The Balaban J connectivity index is 0.000000255. The van der Waals surface area contributed by atoms with E-state index < -0.39 is 66.9 Å². The van der Waals surface area contributed by atoms with E-state index in [1.807, 2.05) is 0 Å². The van der Waals surface area contributed by atoms with Gasteiger partial charge in [-0.05, 0) is 88.9 Å². The van der Waals surface area contributed by atoms with Crippen LogP contribution in [0.1, 0.15) is 102 Å². The first-order valence-electron chi connectivity index (χ1n) is 23.5. The molecule has 14 N–H and O–H groups in total. The van der Waals surface area contributed by atoms with E-state index in [4.69, 9.17) is 35.9 Å². The second-order valence-electron chi connectivity index (χ2n) is 17.5. The summed E-state index contributed by atoms with van der Waals surface area (Å²) < 4.78 is 19.0. The number of anilines is 2. The smallest absolute Gasteiger partial charge is 0.308 e. The third-order valence-corrected chi connectivity index (χ3v) is 12.9. The lowest BCUT2D eigenvalue weighted by Gasteiger charge is -2.25. The minimum Gasteiger partial charge on any atom is -0.481 e. The molecule has 2 amide bonds. The molecule has 26 nitrogen and oxygen atoms in total. The Hall–Kier alpha value is -6.62. The van der Waals surface area contributed by atoms with Crippen LogP contribution < -0.4 is 22.1 Å². The zero-order chi connectivity index (χ0) is 51.5. The number of fused-ring (bicyclic) bond motifs is 2. The second-order valence-corrected chi connectivity index (χ2v) is 17.5. The van der Waals surface area contributed by atoms with Gasteiger partial charge in [0.2, 0.25) is 11.6 Å². The van der Waals surface area contributed by atoms with Gasteiger partial charge in [0.1, 0.15) is 35.4 Å². The largest absolute Gasteiger partial charge is 0.481 e. The predicted molar refractivity (Wildman–Crippen MR) is 254 cm³/mol. The Labute approximate surface area is 413 Å². The second kappa shape index (κ2) is 25.7. The fourth-order valence-corrected chi connectivity index (χ4v) is 9.05. The van der Waals surface area contributed by atoms with E-state index in [1.54, 1.807) is 13.8 Å². The number of likely N-dealkylation sites (N-methyl/N-ethyl adjacent to an activating group) is 2. The predicted octanol–water partition coefficient (Wildman–Crippen LogP) is -1.53. The lowest BCUT2D eigenvalue weighted by Crippen LogP contribution is -2.42. The Kier molecular flexibility index (Phi) is 20.1. The molecule has 4 aromatic rings. The molecule has 2 saturated carbocycles. The SMILES string of the molecule is CCNC(=O)[C@H]1O[C@@H](n2cnc3c(N)nc(C#CCC4CCC(C(=O)O)CC4)nc32)C(O)[C@H]1O.CCNC(=O)[C@H]1O[C@@H](n2cnc3c(N)nc(C#CCC4CCC(C(=O)OC)CC4)nc32)C(O)[C@H]1O.CO.O. The molecule has 0 spiro atoms. The molecule has 2 aliphatic carbocycles. The van der Waals surface area contributed by atoms with Crippen LogP contribution >= 0.6 is 0 Å². The van der Waals surface area contributed by atoms with Crippen molar-refractivity contribution in [2.24, 2.45) is 23.7 Å². The number of carboxylic acid groups (broad SMARTS) is 1. The van der Waals surface area contributed by atoms with Crippen molar-refractivity contribution in [3.05, 3.63) is 24.3 Å². The molecule has 4 fully saturated rings. The molecule has 4 aliphatic rings. The number of aliphatic hydroxyl groups is 5. The van der Waals surface area contributed by atoms with E-state index in [0.717, 1.165) is 45.6 Å². The van der Waals surface area contributed by atoms with E-state index in [2.05, 4.69) is 64.2 Å². The van der Waals surface area contributed by atoms with Crippen molar-refractivity contribution < 1.29 is 69.5 Å². The van der Waals surface area contributed by atoms with Crippen molar-refractivity contribution >= 4 is 57.7 Å². The molecule has 2 aliphatic heterocycles. The van der Waals surface area contributed by atoms with Gasteiger partial charge in [-0.25, -0.2) is 29.9 Å². The number of esters is 1. The third-order valence-electron chi connectivity index (χ3n) is 12.9. The molecule has 4 aromatic heterocycles. The van der Waals surface area contributed by atoms with Gasteiger partial charge >= 0.3 is 11.9 Å². The molecule has 2 saturated heterocycles. The average molecular weight is 1010 g/mol. The lowest BCUT2D eigenvalue weighted by molar-refractivity contribution is -0.147. The topological polar surface area (TPSA) is 412 Å². The quantitative estimate of drug-likeness (QED) is 0.0636. The van der Waals surface area contributed by atoms with E-state index >= 15 is 0 Å². The highest BCUT2D eigenvalue weighted by Gasteiger charge is 2.49. The van der Waals surface area contributed by atoms with Gasteiger partial charge in [-0.3, -0.25) is 28.3 Å². The summed E-state index contributed by atoms with van der Waals surface area (Å²) >= 11 is 0. The van der Waals surface area contributed by atoms with Crippen molar-refractivity contribution in [3.8, 4) is 23.7 Å². The van der Waals surface area contributed by atoms with Crippen molar-refractivity contribution in [2.75, 3.05) is 38.8 Å². The third kappa shape index (κ3) is 12.7. The number of methoxy groups -OCH3 is 1. The van der Waals surface area contributed by atoms with Gasteiger partial charge in [0.05, 0.1) is 31.6 Å². The van der Waals surface area contributed by atoms with Crippen LogP contribution in [0.4, 0.5) is 11.6 Å². The van der Waals surface area contributed by atoms with Gasteiger partial charge in [0.25, 0.3) is 11.8 Å². The number of imidazole rings is 2. The number of hydrogen-bond acceptors (Lipinski definition) is 20. The zero-order valence-corrected chi connectivity index (χ0v) is 40.3. The van der Waals surface area contributed by atoms with E-state index in [-0.39, 0.29) is 63.4 Å². The minimum absolute atomic E-state index is 0. The molecule has 8 rings (SSSR count). The summed E-state index contributed by atoms with van der Waals surface area (Å²) in [5.41, 5.74) is 13.2. The van der Waals surface area contributed by atoms with Gasteiger partial charge in [-0.15, -0.1) is 0 Å². The number of hydrogen-bond donors (Lipinski definition) is 10. The highest BCUT2D eigenvalue weighted by molar-refractivity contribution is 5.84. The number of ether oxygens (including phenoxy) is 3. The first kappa shape index (κ1) is 56.3. The summed E-state index contributed by atoms with van der Waals surface area (Å²) in [7, 11) is 2.41. The number of nitrogen functional groups attached to an aromatic ring is 2. The Bertz CT molecular complexity index is 2640. The maximum Gasteiger partial charge on any atom is 0.308 e. The van der Waals surface area contributed by atoms with Crippen molar-refractivity contribution in [1.29, 1.82) is 0 Å². The number of rotatable bonds is 10. The number of nitrogens with one attached hydrogen (secondary N) is 2. The highest BCUT2D eigenvalue weighted by atomic mass is 16.6. The normalized spacial score (nSPS) is 27.5. The fraction of sp³-hybridized carbons (Fsp3) is 0.609.